The van der Waals surface area contributed by atoms with Gasteiger partial charge < -0.3 is 15.0 Å². The van der Waals surface area contributed by atoms with Crippen LogP contribution in [0.1, 0.15) is 40.0 Å². The molecule has 2 rings (SSSR count). The minimum atomic E-state index is 0.372. The number of guanidine groups is 1. The highest BCUT2D eigenvalue weighted by atomic mass is 16.5. The maximum absolute atomic E-state index is 5.58. The van der Waals surface area contributed by atoms with Gasteiger partial charge in [0.2, 0.25) is 0 Å². The van der Waals surface area contributed by atoms with Crippen LogP contribution in [0.4, 0.5) is 0 Å². The molecular formula is C15H29N3O. The van der Waals surface area contributed by atoms with Crippen molar-refractivity contribution < 1.29 is 4.74 Å². The molecule has 2 saturated heterocycles. The van der Waals surface area contributed by atoms with Gasteiger partial charge in [0.05, 0.1) is 6.61 Å². The Hall–Kier alpha value is -0.770. The summed E-state index contributed by atoms with van der Waals surface area (Å²) in [4.78, 5) is 6.83. The Labute approximate surface area is 117 Å². The second-order valence-electron chi connectivity index (χ2n) is 7.26. The fourth-order valence-electron chi connectivity index (χ4n) is 2.97. The highest BCUT2D eigenvalue weighted by molar-refractivity contribution is 5.80. The summed E-state index contributed by atoms with van der Waals surface area (Å²) >= 11 is 0. The summed E-state index contributed by atoms with van der Waals surface area (Å²) in [7, 11) is 1.88. The molecule has 19 heavy (non-hydrogen) atoms. The topological polar surface area (TPSA) is 36.9 Å². The van der Waals surface area contributed by atoms with Crippen molar-refractivity contribution in [2.45, 2.75) is 40.0 Å². The molecule has 4 heteroatoms. The minimum absolute atomic E-state index is 0.372. The summed E-state index contributed by atoms with van der Waals surface area (Å²) in [6.45, 7) is 11.9. The molecule has 0 aromatic rings. The van der Waals surface area contributed by atoms with Gasteiger partial charge in [-0.05, 0) is 24.7 Å². The van der Waals surface area contributed by atoms with Crippen molar-refractivity contribution in [3.05, 3.63) is 0 Å². The fraction of sp³-hybridized carbons (Fsp3) is 0.933. The molecular weight excluding hydrogens is 238 g/mol. The molecule has 1 N–H and O–H groups in total. The van der Waals surface area contributed by atoms with Gasteiger partial charge in [-0.25, -0.2) is 0 Å². The van der Waals surface area contributed by atoms with E-state index < -0.39 is 0 Å². The van der Waals surface area contributed by atoms with E-state index in [0.717, 1.165) is 45.2 Å². The van der Waals surface area contributed by atoms with Crippen LogP contribution in [0.15, 0.2) is 4.99 Å². The lowest BCUT2D eigenvalue weighted by Gasteiger charge is -2.26. The average molecular weight is 267 g/mol. The molecule has 0 aromatic heterocycles. The van der Waals surface area contributed by atoms with Crippen LogP contribution in [-0.4, -0.2) is 50.8 Å². The lowest BCUT2D eigenvalue weighted by molar-refractivity contribution is 0.156. The molecule has 2 fully saturated rings. The Morgan fingerprint density at radius 2 is 2.16 bits per heavy atom. The highest BCUT2D eigenvalue weighted by Gasteiger charge is 2.42. The second kappa shape index (κ2) is 5.70. The molecule has 0 amide bonds. The zero-order valence-electron chi connectivity index (χ0n) is 13.0. The Balaban J connectivity index is 1.82. The van der Waals surface area contributed by atoms with Gasteiger partial charge in [-0.3, -0.25) is 4.99 Å². The van der Waals surface area contributed by atoms with Crippen molar-refractivity contribution in [1.29, 1.82) is 0 Å². The zero-order valence-corrected chi connectivity index (χ0v) is 13.0. The van der Waals surface area contributed by atoms with E-state index in [-0.39, 0.29) is 0 Å². The first-order valence-corrected chi connectivity index (χ1v) is 7.48. The van der Waals surface area contributed by atoms with Crippen LogP contribution >= 0.6 is 0 Å². The van der Waals surface area contributed by atoms with E-state index >= 15 is 0 Å². The molecule has 1 unspecified atom stereocenters. The van der Waals surface area contributed by atoms with E-state index in [2.05, 4.69) is 36.0 Å². The summed E-state index contributed by atoms with van der Waals surface area (Å²) < 4.78 is 5.58. The lowest BCUT2D eigenvalue weighted by Crippen LogP contribution is -2.42. The van der Waals surface area contributed by atoms with E-state index in [1.165, 1.54) is 12.8 Å². The van der Waals surface area contributed by atoms with Gasteiger partial charge in [-0.1, -0.05) is 20.8 Å². The first-order chi connectivity index (χ1) is 8.94. The van der Waals surface area contributed by atoms with Crippen molar-refractivity contribution in [2.24, 2.45) is 15.8 Å². The second-order valence-corrected chi connectivity index (χ2v) is 7.26. The fourth-order valence-corrected chi connectivity index (χ4v) is 2.97. The van der Waals surface area contributed by atoms with Crippen LogP contribution in [0.5, 0.6) is 0 Å². The Kier molecular flexibility index (Phi) is 4.39. The van der Waals surface area contributed by atoms with E-state index in [9.17, 15) is 0 Å². The van der Waals surface area contributed by atoms with E-state index in [0.29, 0.717) is 10.8 Å². The van der Waals surface area contributed by atoms with Crippen molar-refractivity contribution in [1.82, 2.24) is 10.2 Å². The first-order valence-electron chi connectivity index (χ1n) is 7.48. The van der Waals surface area contributed by atoms with Crippen LogP contribution in [0.25, 0.3) is 0 Å². The molecule has 0 radical (unpaired) electrons. The standard InChI is InChI=1S/C15H29N3O/c1-14(2,3)5-8-17-13(16-4)18-9-6-15(11-18)7-10-19-12-15/h5-12H2,1-4H3,(H,16,17). The molecule has 0 bridgehead atoms. The highest BCUT2D eigenvalue weighted by Crippen LogP contribution is 2.38. The quantitative estimate of drug-likeness (QED) is 0.615. The van der Waals surface area contributed by atoms with Crippen LogP contribution in [0.2, 0.25) is 0 Å². The molecule has 2 heterocycles. The van der Waals surface area contributed by atoms with E-state index in [4.69, 9.17) is 4.74 Å². The van der Waals surface area contributed by atoms with Crippen molar-refractivity contribution in [2.75, 3.05) is 39.9 Å². The number of aliphatic imine (C=N–C) groups is 1. The van der Waals surface area contributed by atoms with Gasteiger partial charge in [0, 0.05) is 38.7 Å². The predicted molar refractivity (Wildman–Crippen MR) is 79.5 cm³/mol. The van der Waals surface area contributed by atoms with Gasteiger partial charge in [0.1, 0.15) is 0 Å². The number of ether oxygens (including phenoxy) is 1. The van der Waals surface area contributed by atoms with Gasteiger partial charge >= 0.3 is 0 Å². The number of nitrogens with one attached hydrogen (secondary N) is 1. The van der Waals surface area contributed by atoms with Gasteiger partial charge in [-0.2, -0.15) is 0 Å². The van der Waals surface area contributed by atoms with Gasteiger partial charge in [0.25, 0.3) is 0 Å². The predicted octanol–water partition coefficient (Wildman–Crippen LogP) is 2.11. The van der Waals surface area contributed by atoms with Crippen LogP contribution in [-0.2, 0) is 4.74 Å². The zero-order chi connectivity index (χ0) is 13.9. The molecule has 110 valence electrons. The summed E-state index contributed by atoms with van der Waals surface area (Å²) in [6, 6.07) is 0. The van der Waals surface area contributed by atoms with Crippen molar-refractivity contribution >= 4 is 5.96 Å². The van der Waals surface area contributed by atoms with Crippen molar-refractivity contribution in [3.8, 4) is 0 Å². The molecule has 0 saturated carbocycles. The van der Waals surface area contributed by atoms with Crippen LogP contribution < -0.4 is 5.32 Å². The maximum Gasteiger partial charge on any atom is 0.193 e. The third kappa shape index (κ3) is 3.85. The molecule has 2 aliphatic rings. The van der Waals surface area contributed by atoms with Crippen LogP contribution in [0, 0.1) is 10.8 Å². The monoisotopic (exact) mass is 267 g/mol. The molecule has 4 nitrogen and oxygen atoms in total. The Morgan fingerprint density at radius 1 is 1.37 bits per heavy atom. The third-order valence-corrected chi connectivity index (χ3v) is 4.29. The smallest absolute Gasteiger partial charge is 0.193 e. The van der Waals surface area contributed by atoms with Gasteiger partial charge in [-0.15, -0.1) is 0 Å². The molecule has 1 spiro atoms. The summed E-state index contributed by atoms with van der Waals surface area (Å²) in [5.74, 6) is 1.06. The first kappa shape index (κ1) is 14.6. The largest absolute Gasteiger partial charge is 0.381 e. The molecule has 2 aliphatic heterocycles. The SMILES string of the molecule is CN=C(NCCC(C)(C)C)N1CCC2(CCOC2)C1. The summed E-state index contributed by atoms with van der Waals surface area (Å²) in [6.07, 6.45) is 3.61. The Morgan fingerprint density at radius 3 is 2.74 bits per heavy atom. The van der Waals surface area contributed by atoms with E-state index in [1.807, 2.05) is 7.05 Å². The van der Waals surface area contributed by atoms with E-state index in [1.54, 1.807) is 0 Å². The third-order valence-electron chi connectivity index (χ3n) is 4.29. The Bertz CT molecular complexity index is 327. The number of likely N-dealkylation sites (tertiary alicyclic amines) is 1. The van der Waals surface area contributed by atoms with Gasteiger partial charge in [0.15, 0.2) is 5.96 Å². The molecule has 1 atom stereocenters. The lowest BCUT2D eigenvalue weighted by atomic mass is 9.87. The minimum Gasteiger partial charge on any atom is -0.381 e. The normalized spacial score (nSPS) is 28.4. The summed E-state index contributed by atoms with van der Waals surface area (Å²) in [5, 5.41) is 3.51. The molecule has 0 aliphatic carbocycles. The number of hydrogen-bond donors (Lipinski definition) is 1. The number of hydrogen-bond acceptors (Lipinski definition) is 2. The number of rotatable bonds is 2. The summed E-state index contributed by atoms with van der Waals surface area (Å²) in [5.41, 5.74) is 0.777. The number of nitrogens with zero attached hydrogens (tertiary/aromatic N) is 2. The molecule has 0 aromatic carbocycles. The van der Waals surface area contributed by atoms with Crippen LogP contribution in [0.3, 0.4) is 0 Å². The van der Waals surface area contributed by atoms with Crippen molar-refractivity contribution in [3.63, 3.8) is 0 Å². The average Bonchev–Trinajstić information content (AvgIpc) is 2.95. The maximum atomic E-state index is 5.58.